The number of aliphatic carboxylic acids is 1. The molecule has 0 saturated carbocycles. The molecule has 8 heteroatoms. The summed E-state index contributed by atoms with van der Waals surface area (Å²) in [5.74, 6) is -1.59. The van der Waals surface area contributed by atoms with Gasteiger partial charge in [-0.25, -0.2) is 13.2 Å². The zero-order chi connectivity index (χ0) is 19.5. The van der Waals surface area contributed by atoms with Crippen LogP contribution in [-0.4, -0.2) is 48.8 Å². The van der Waals surface area contributed by atoms with Crippen molar-refractivity contribution in [2.75, 3.05) is 13.1 Å². The van der Waals surface area contributed by atoms with E-state index in [0.29, 0.717) is 19.0 Å². The molecular weight excluding hydrogens is 356 g/mol. The van der Waals surface area contributed by atoms with Gasteiger partial charge in [0.25, 0.3) is 5.91 Å². The van der Waals surface area contributed by atoms with Crippen molar-refractivity contribution in [2.45, 2.75) is 44.6 Å². The number of nitrogens with zero attached hydrogens (tertiary/aromatic N) is 1. The summed E-state index contributed by atoms with van der Waals surface area (Å²) in [6.07, 6.45) is 1.86. The first-order valence-electron chi connectivity index (χ1n) is 8.76. The van der Waals surface area contributed by atoms with Gasteiger partial charge in [0.1, 0.15) is 6.04 Å². The molecule has 1 heterocycles. The van der Waals surface area contributed by atoms with Gasteiger partial charge in [-0.1, -0.05) is 20.8 Å². The third kappa shape index (κ3) is 4.62. The van der Waals surface area contributed by atoms with Gasteiger partial charge >= 0.3 is 5.97 Å². The summed E-state index contributed by atoms with van der Waals surface area (Å²) < 4.78 is 26.9. The highest BCUT2D eigenvalue weighted by atomic mass is 32.2. The zero-order valence-electron chi connectivity index (χ0n) is 15.3. The summed E-state index contributed by atoms with van der Waals surface area (Å²) in [6, 6.07) is 4.62. The number of amides is 1. The van der Waals surface area contributed by atoms with Gasteiger partial charge in [-0.15, -0.1) is 0 Å². The molecule has 0 aliphatic carbocycles. The molecule has 1 aliphatic rings. The van der Waals surface area contributed by atoms with E-state index in [1.54, 1.807) is 13.8 Å². The number of carbonyl (C=O) groups is 2. The first kappa shape index (κ1) is 20.4. The van der Waals surface area contributed by atoms with Crippen molar-refractivity contribution < 1.29 is 23.1 Å². The molecular formula is C18H26N2O5S. The minimum Gasteiger partial charge on any atom is -0.480 e. The number of carbonyl (C=O) groups excluding carboxylic acids is 1. The normalized spacial score (nSPS) is 19.9. The van der Waals surface area contributed by atoms with Crippen molar-refractivity contribution in [3.8, 4) is 0 Å². The zero-order valence-corrected chi connectivity index (χ0v) is 16.1. The molecule has 144 valence electrons. The summed E-state index contributed by atoms with van der Waals surface area (Å²) in [5.41, 5.74) is 0.225. The van der Waals surface area contributed by atoms with Gasteiger partial charge in [-0.2, -0.15) is 4.31 Å². The van der Waals surface area contributed by atoms with Crippen LogP contribution < -0.4 is 5.32 Å². The smallest absolute Gasteiger partial charge is 0.326 e. The highest BCUT2D eigenvalue weighted by Gasteiger charge is 2.29. The molecule has 1 aromatic rings. The van der Waals surface area contributed by atoms with Crippen molar-refractivity contribution in [3.63, 3.8) is 0 Å². The van der Waals surface area contributed by atoms with Crippen LogP contribution in [0.4, 0.5) is 0 Å². The Morgan fingerprint density at radius 3 is 2.35 bits per heavy atom. The van der Waals surface area contributed by atoms with E-state index < -0.39 is 27.9 Å². The van der Waals surface area contributed by atoms with Gasteiger partial charge in [0.2, 0.25) is 10.0 Å². The third-order valence-electron chi connectivity index (χ3n) is 4.59. The van der Waals surface area contributed by atoms with Gasteiger partial charge in [0.05, 0.1) is 4.90 Å². The number of carboxylic acids is 1. The molecule has 2 N–H and O–H groups in total. The molecule has 0 aromatic heterocycles. The van der Waals surface area contributed by atoms with Gasteiger partial charge < -0.3 is 10.4 Å². The molecule has 7 nitrogen and oxygen atoms in total. The Morgan fingerprint density at radius 1 is 1.23 bits per heavy atom. The summed E-state index contributed by atoms with van der Waals surface area (Å²) in [6.45, 7) is 6.44. The molecule has 2 atom stereocenters. The maximum Gasteiger partial charge on any atom is 0.326 e. The molecule has 0 spiro atoms. The van der Waals surface area contributed by atoms with Crippen LogP contribution in [-0.2, 0) is 14.8 Å². The summed E-state index contributed by atoms with van der Waals surface area (Å²) in [4.78, 5) is 23.6. The lowest BCUT2D eigenvalue weighted by Gasteiger charge is -2.30. The van der Waals surface area contributed by atoms with Crippen molar-refractivity contribution in [3.05, 3.63) is 29.8 Å². The van der Waals surface area contributed by atoms with E-state index in [9.17, 15) is 18.0 Å². The fourth-order valence-corrected chi connectivity index (χ4v) is 4.63. The van der Waals surface area contributed by atoms with E-state index >= 15 is 0 Å². The van der Waals surface area contributed by atoms with Crippen LogP contribution >= 0.6 is 0 Å². The Morgan fingerprint density at radius 2 is 1.85 bits per heavy atom. The SMILES string of the molecule is CC1CCCN(S(=O)(=O)c2ccc(C(=O)N[C@H](C(=O)O)C(C)C)cc2)C1. The van der Waals surface area contributed by atoms with Gasteiger partial charge in [0.15, 0.2) is 0 Å². The number of hydrogen-bond acceptors (Lipinski definition) is 4. The number of sulfonamides is 1. The standard InChI is InChI=1S/C18H26N2O5S/c1-12(2)16(18(22)23)19-17(21)14-6-8-15(9-7-14)26(24,25)20-10-4-5-13(3)11-20/h6-9,12-13,16H,4-5,10-11H2,1-3H3,(H,19,21)(H,22,23)/t13?,16-/m0/s1. The highest BCUT2D eigenvalue weighted by Crippen LogP contribution is 2.23. The first-order valence-corrected chi connectivity index (χ1v) is 10.2. The Bertz CT molecular complexity index is 758. The van der Waals surface area contributed by atoms with Crippen LogP contribution in [0.15, 0.2) is 29.2 Å². The maximum atomic E-state index is 12.7. The van der Waals surface area contributed by atoms with Crippen LogP contribution in [0.2, 0.25) is 0 Å². The molecule has 0 radical (unpaired) electrons. The van der Waals surface area contributed by atoms with Crippen molar-refractivity contribution in [1.29, 1.82) is 0 Å². The quantitative estimate of drug-likeness (QED) is 0.783. The van der Waals surface area contributed by atoms with E-state index in [1.165, 1.54) is 28.6 Å². The van der Waals surface area contributed by atoms with Crippen molar-refractivity contribution in [1.82, 2.24) is 9.62 Å². The predicted molar refractivity (Wildman–Crippen MR) is 97.3 cm³/mol. The minimum absolute atomic E-state index is 0.141. The fourth-order valence-electron chi connectivity index (χ4n) is 3.03. The number of benzene rings is 1. The van der Waals surface area contributed by atoms with E-state index in [1.807, 2.05) is 6.92 Å². The number of hydrogen-bond donors (Lipinski definition) is 2. The topological polar surface area (TPSA) is 104 Å². The van der Waals surface area contributed by atoms with E-state index in [4.69, 9.17) is 5.11 Å². The number of piperidine rings is 1. The second-order valence-electron chi connectivity index (χ2n) is 7.17. The molecule has 26 heavy (non-hydrogen) atoms. The number of rotatable bonds is 6. The lowest BCUT2D eigenvalue weighted by molar-refractivity contribution is -0.140. The largest absolute Gasteiger partial charge is 0.480 e. The Labute approximate surface area is 154 Å². The van der Waals surface area contributed by atoms with Crippen molar-refractivity contribution in [2.24, 2.45) is 11.8 Å². The maximum absolute atomic E-state index is 12.7. The van der Waals surface area contributed by atoms with E-state index in [0.717, 1.165) is 12.8 Å². The molecule has 1 amide bonds. The molecule has 1 saturated heterocycles. The van der Waals surface area contributed by atoms with Crippen molar-refractivity contribution >= 4 is 21.9 Å². The molecule has 2 rings (SSSR count). The average Bonchev–Trinajstić information content (AvgIpc) is 2.59. The van der Waals surface area contributed by atoms with Gasteiger partial charge in [0, 0.05) is 18.7 Å². The van der Waals surface area contributed by atoms with Crippen LogP contribution in [0, 0.1) is 11.8 Å². The second kappa shape index (κ2) is 8.18. The molecule has 0 bridgehead atoms. The third-order valence-corrected chi connectivity index (χ3v) is 6.47. The predicted octanol–water partition coefficient (Wildman–Crippen LogP) is 1.95. The van der Waals surface area contributed by atoms with Crippen LogP contribution in [0.5, 0.6) is 0 Å². The van der Waals surface area contributed by atoms with E-state index in [2.05, 4.69) is 5.32 Å². The summed E-state index contributed by atoms with van der Waals surface area (Å²) >= 11 is 0. The number of carboxylic acid groups (broad SMARTS) is 1. The van der Waals surface area contributed by atoms with Gasteiger partial charge in [-0.3, -0.25) is 4.79 Å². The Balaban J connectivity index is 2.14. The monoisotopic (exact) mass is 382 g/mol. The Hall–Kier alpha value is -1.93. The minimum atomic E-state index is -3.58. The Kier molecular flexibility index (Phi) is 6.41. The average molecular weight is 382 g/mol. The van der Waals surface area contributed by atoms with Crippen LogP contribution in [0.1, 0.15) is 44.0 Å². The second-order valence-corrected chi connectivity index (χ2v) is 9.11. The lowest BCUT2D eigenvalue weighted by atomic mass is 10.0. The summed E-state index contributed by atoms with van der Waals surface area (Å²) in [7, 11) is -3.58. The fraction of sp³-hybridized carbons (Fsp3) is 0.556. The van der Waals surface area contributed by atoms with E-state index in [-0.39, 0.29) is 16.4 Å². The summed E-state index contributed by atoms with van der Waals surface area (Å²) in [5, 5.41) is 11.6. The molecule has 1 aromatic carbocycles. The van der Waals surface area contributed by atoms with Crippen LogP contribution in [0.25, 0.3) is 0 Å². The van der Waals surface area contributed by atoms with Crippen LogP contribution in [0.3, 0.4) is 0 Å². The lowest BCUT2D eigenvalue weighted by Crippen LogP contribution is -2.44. The molecule has 1 unspecified atom stereocenters. The van der Waals surface area contributed by atoms with Gasteiger partial charge in [-0.05, 0) is 48.9 Å². The highest BCUT2D eigenvalue weighted by molar-refractivity contribution is 7.89. The first-order chi connectivity index (χ1) is 12.1. The molecule has 1 aliphatic heterocycles. The number of nitrogens with one attached hydrogen (secondary N) is 1. The molecule has 1 fully saturated rings.